The lowest BCUT2D eigenvalue weighted by Gasteiger charge is -1.99. The van der Waals surface area contributed by atoms with Crippen molar-refractivity contribution in [2.45, 2.75) is 6.92 Å². The van der Waals surface area contributed by atoms with Crippen LogP contribution >= 0.6 is 31.9 Å². The highest BCUT2D eigenvalue weighted by atomic mass is 79.9. The van der Waals surface area contributed by atoms with Gasteiger partial charge in [0.25, 0.3) is 0 Å². The Morgan fingerprint density at radius 2 is 1.80 bits per heavy atom. The lowest BCUT2D eigenvalue weighted by Crippen LogP contribution is -1.96. The van der Waals surface area contributed by atoms with Crippen molar-refractivity contribution < 1.29 is 0 Å². The minimum absolute atomic E-state index is 0.400. The van der Waals surface area contributed by atoms with Crippen molar-refractivity contribution in [3.05, 3.63) is 14.9 Å². The van der Waals surface area contributed by atoms with Crippen LogP contribution in [0.3, 0.4) is 0 Å². The topological polar surface area (TPSA) is 51.8 Å². The number of hydrogen-bond acceptors (Lipinski definition) is 3. The van der Waals surface area contributed by atoms with Crippen molar-refractivity contribution in [2.24, 2.45) is 0 Å². The zero-order chi connectivity index (χ0) is 7.72. The minimum Gasteiger partial charge on any atom is -0.381 e. The van der Waals surface area contributed by atoms with Gasteiger partial charge in [0.15, 0.2) is 5.82 Å². The first kappa shape index (κ1) is 7.94. The van der Waals surface area contributed by atoms with Gasteiger partial charge in [0.05, 0.1) is 5.69 Å². The smallest absolute Gasteiger partial charge is 0.157 e. The highest BCUT2D eigenvalue weighted by Gasteiger charge is 2.02. The molecule has 0 aliphatic rings. The van der Waals surface area contributed by atoms with Crippen LogP contribution in [-0.2, 0) is 0 Å². The van der Waals surface area contributed by atoms with Crippen LogP contribution in [0.4, 0.5) is 5.82 Å². The first-order valence-corrected chi connectivity index (χ1v) is 4.15. The summed E-state index contributed by atoms with van der Waals surface area (Å²) in [5.41, 5.74) is 6.26. The molecule has 3 nitrogen and oxygen atoms in total. The summed E-state index contributed by atoms with van der Waals surface area (Å²) in [4.78, 5) is 8.01. The predicted octanol–water partition coefficient (Wildman–Crippen LogP) is 1.89. The molecular weight excluding hydrogens is 262 g/mol. The van der Waals surface area contributed by atoms with Gasteiger partial charge in [0.2, 0.25) is 0 Å². The van der Waals surface area contributed by atoms with Gasteiger partial charge in [-0.2, -0.15) is 0 Å². The molecule has 2 N–H and O–H groups in total. The molecule has 10 heavy (non-hydrogen) atoms. The standard InChI is InChI=1S/C5H5Br2N3/c1-2-3(6)10-5(8)4(7)9-2/h1H3,(H2,8,10). The third-order valence-electron chi connectivity index (χ3n) is 0.994. The maximum absolute atomic E-state index is 5.44. The largest absolute Gasteiger partial charge is 0.381 e. The Bertz CT molecular complexity index is 211. The molecule has 0 fully saturated rings. The summed E-state index contributed by atoms with van der Waals surface area (Å²) in [6.45, 7) is 1.85. The van der Waals surface area contributed by atoms with Gasteiger partial charge in [-0.05, 0) is 38.8 Å². The average molecular weight is 267 g/mol. The quantitative estimate of drug-likeness (QED) is 0.780. The van der Waals surface area contributed by atoms with Gasteiger partial charge in [0, 0.05) is 0 Å². The van der Waals surface area contributed by atoms with Crippen LogP contribution in [-0.4, -0.2) is 9.97 Å². The monoisotopic (exact) mass is 265 g/mol. The maximum Gasteiger partial charge on any atom is 0.157 e. The molecular formula is C5H5Br2N3. The van der Waals surface area contributed by atoms with Crippen molar-refractivity contribution in [3.63, 3.8) is 0 Å². The van der Waals surface area contributed by atoms with Crippen molar-refractivity contribution in [1.29, 1.82) is 0 Å². The average Bonchev–Trinajstić information content (AvgIpc) is 1.84. The number of halogens is 2. The molecule has 0 saturated carbocycles. The number of nitrogens with zero attached hydrogens (tertiary/aromatic N) is 2. The van der Waals surface area contributed by atoms with Gasteiger partial charge in [-0.3, -0.25) is 0 Å². The highest BCUT2D eigenvalue weighted by Crippen LogP contribution is 2.19. The van der Waals surface area contributed by atoms with Crippen LogP contribution in [0.1, 0.15) is 5.69 Å². The SMILES string of the molecule is Cc1nc(Br)c(N)nc1Br. The van der Waals surface area contributed by atoms with Crippen LogP contribution in [0.2, 0.25) is 0 Å². The Balaban J connectivity index is 3.28. The van der Waals surface area contributed by atoms with E-state index in [0.717, 1.165) is 5.69 Å². The van der Waals surface area contributed by atoms with E-state index in [2.05, 4.69) is 41.8 Å². The number of anilines is 1. The summed E-state index contributed by atoms with van der Waals surface area (Å²) >= 11 is 6.37. The molecule has 5 heteroatoms. The summed E-state index contributed by atoms with van der Waals surface area (Å²) < 4.78 is 1.28. The number of rotatable bonds is 0. The van der Waals surface area contributed by atoms with Crippen LogP contribution in [0, 0.1) is 6.92 Å². The van der Waals surface area contributed by atoms with Crippen LogP contribution in [0.5, 0.6) is 0 Å². The third kappa shape index (κ3) is 1.46. The number of hydrogen-bond donors (Lipinski definition) is 1. The van der Waals surface area contributed by atoms with E-state index in [-0.39, 0.29) is 0 Å². The van der Waals surface area contributed by atoms with Crippen molar-refractivity contribution >= 4 is 37.7 Å². The van der Waals surface area contributed by atoms with Gasteiger partial charge in [-0.1, -0.05) is 0 Å². The molecule has 0 spiro atoms. The molecule has 0 unspecified atom stereocenters. The molecule has 0 atom stereocenters. The fourth-order valence-electron chi connectivity index (χ4n) is 0.483. The number of nitrogen functional groups attached to an aromatic ring is 1. The third-order valence-corrected chi connectivity index (χ3v) is 2.33. The number of aryl methyl sites for hydroxylation is 1. The zero-order valence-electron chi connectivity index (χ0n) is 5.23. The van der Waals surface area contributed by atoms with Crippen LogP contribution in [0.15, 0.2) is 9.21 Å². The molecule has 0 aliphatic heterocycles. The van der Waals surface area contributed by atoms with Gasteiger partial charge >= 0.3 is 0 Å². The van der Waals surface area contributed by atoms with E-state index in [1.165, 1.54) is 0 Å². The summed E-state index contributed by atoms with van der Waals surface area (Å²) in [5.74, 6) is 0.400. The van der Waals surface area contributed by atoms with Gasteiger partial charge in [0.1, 0.15) is 9.21 Å². The van der Waals surface area contributed by atoms with E-state index in [9.17, 15) is 0 Å². The second kappa shape index (κ2) is 2.84. The summed E-state index contributed by atoms with van der Waals surface area (Å²) in [7, 11) is 0. The fourth-order valence-corrected chi connectivity index (χ4v) is 1.12. The highest BCUT2D eigenvalue weighted by molar-refractivity contribution is 9.11. The lowest BCUT2D eigenvalue weighted by molar-refractivity contribution is 1.07. The normalized spacial score (nSPS) is 9.90. The Kier molecular flexibility index (Phi) is 2.25. The predicted molar refractivity (Wildman–Crippen MR) is 46.6 cm³/mol. The molecule has 1 aromatic rings. The summed E-state index contributed by atoms with van der Waals surface area (Å²) in [5, 5.41) is 0. The molecule has 0 amide bonds. The zero-order valence-corrected chi connectivity index (χ0v) is 8.40. The molecule has 1 rings (SSSR count). The van der Waals surface area contributed by atoms with Crippen molar-refractivity contribution in [2.75, 3.05) is 5.73 Å². The van der Waals surface area contributed by atoms with E-state index in [1.54, 1.807) is 0 Å². The lowest BCUT2D eigenvalue weighted by atomic mass is 10.5. The van der Waals surface area contributed by atoms with E-state index in [1.807, 2.05) is 6.92 Å². The first-order chi connectivity index (χ1) is 4.61. The second-order valence-corrected chi connectivity index (χ2v) is 3.28. The molecule has 1 heterocycles. The first-order valence-electron chi connectivity index (χ1n) is 2.56. The van der Waals surface area contributed by atoms with Crippen LogP contribution in [0.25, 0.3) is 0 Å². The van der Waals surface area contributed by atoms with E-state index in [4.69, 9.17) is 5.73 Å². The van der Waals surface area contributed by atoms with E-state index < -0.39 is 0 Å². The Hall–Kier alpha value is -0.160. The Labute approximate surface area is 75.3 Å². The molecule has 0 bridgehead atoms. The molecule has 0 aliphatic carbocycles. The van der Waals surface area contributed by atoms with Crippen LogP contribution < -0.4 is 5.73 Å². The molecule has 54 valence electrons. The number of nitrogens with two attached hydrogens (primary N) is 1. The number of aromatic nitrogens is 2. The van der Waals surface area contributed by atoms with E-state index in [0.29, 0.717) is 15.0 Å². The Morgan fingerprint density at radius 1 is 1.20 bits per heavy atom. The fraction of sp³-hybridized carbons (Fsp3) is 0.200. The minimum atomic E-state index is 0.400. The maximum atomic E-state index is 5.44. The molecule has 0 radical (unpaired) electrons. The van der Waals surface area contributed by atoms with Gasteiger partial charge < -0.3 is 5.73 Å². The van der Waals surface area contributed by atoms with Crippen molar-refractivity contribution in [3.8, 4) is 0 Å². The van der Waals surface area contributed by atoms with Gasteiger partial charge in [-0.25, -0.2) is 9.97 Å². The second-order valence-electron chi connectivity index (χ2n) is 1.78. The molecule has 0 aromatic carbocycles. The summed E-state index contributed by atoms with van der Waals surface area (Å²) in [6, 6.07) is 0. The van der Waals surface area contributed by atoms with Crippen molar-refractivity contribution in [1.82, 2.24) is 9.97 Å². The van der Waals surface area contributed by atoms with E-state index >= 15 is 0 Å². The molecule has 1 aromatic heterocycles. The Morgan fingerprint density at radius 3 is 2.30 bits per heavy atom. The summed E-state index contributed by atoms with van der Waals surface area (Å²) in [6.07, 6.45) is 0. The van der Waals surface area contributed by atoms with Gasteiger partial charge in [-0.15, -0.1) is 0 Å². The molecule has 0 saturated heterocycles.